The SMILES string of the molecule is Cc1cnc(C(=O)Nc2cc(Br)ccc2C)cn1. The predicted octanol–water partition coefficient (Wildman–Crippen LogP) is 3.11. The molecule has 18 heavy (non-hydrogen) atoms. The summed E-state index contributed by atoms with van der Waals surface area (Å²) in [5.74, 6) is -0.260. The van der Waals surface area contributed by atoms with E-state index in [-0.39, 0.29) is 5.91 Å². The van der Waals surface area contributed by atoms with Crippen LogP contribution in [0.5, 0.6) is 0 Å². The highest BCUT2D eigenvalue weighted by molar-refractivity contribution is 9.10. The number of rotatable bonds is 2. The maximum atomic E-state index is 12.0. The summed E-state index contributed by atoms with van der Waals surface area (Å²) in [5, 5.41) is 2.82. The maximum absolute atomic E-state index is 12.0. The van der Waals surface area contributed by atoms with E-state index in [0.29, 0.717) is 5.69 Å². The summed E-state index contributed by atoms with van der Waals surface area (Å²) in [5.41, 5.74) is 2.84. The lowest BCUT2D eigenvalue weighted by Crippen LogP contribution is -2.14. The molecule has 0 saturated heterocycles. The number of carbonyl (C=O) groups excluding carboxylic acids is 1. The van der Waals surface area contributed by atoms with Crippen LogP contribution in [0.25, 0.3) is 0 Å². The molecule has 1 heterocycles. The van der Waals surface area contributed by atoms with Gasteiger partial charge in [0.15, 0.2) is 0 Å². The van der Waals surface area contributed by atoms with Crippen molar-refractivity contribution in [3.8, 4) is 0 Å². The number of hydrogen-bond donors (Lipinski definition) is 1. The zero-order chi connectivity index (χ0) is 13.1. The van der Waals surface area contributed by atoms with Crippen molar-refractivity contribution in [2.45, 2.75) is 13.8 Å². The van der Waals surface area contributed by atoms with Gasteiger partial charge in [0.25, 0.3) is 5.91 Å². The molecule has 0 aliphatic heterocycles. The third-order valence-corrected chi connectivity index (χ3v) is 2.95. The monoisotopic (exact) mass is 305 g/mol. The van der Waals surface area contributed by atoms with Gasteiger partial charge in [-0.2, -0.15) is 0 Å². The highest BCUT2D eigenvalue weighted by Crippen LogP contribution is 2.20. The molecular formula is C13H12BrN3O. The molecule has 5 heteroatoms. The predicted molar refractivity (Wildman–Crippen MR) is 73.6 cm³/mol. The molecule has 1 amide bonds. The molecular weight excluding hydrogens is 294 g/mol. The van der Waals surface area contributed by atoms with E-state index in [1.165, 1.54) is 6.20 Å². The Hall–Kier alpha value is -1.75. The third kappa shape index (κ3) is 2.92. The standard InChI is InChI=1S/C13H12BrN3O/c1-8-3-4-10(14)5-11(8)17-13(18)12-7-15-9(2)6-16-12/h3-7H,1-2H3,(H,17,18). The van der Waals surface area contributed by atoms with E-state index in [4.69, 9.17) is 0 Å². The highest BCUT2D eigenvalue weighted by atomic mass is 79.9. The Labute approximate surface area is 114 Å². The fourth-order valence-electron chi connectivity index (χ4n) is 1.43. The van der Waals surface area contributed by atoms with Crippen LogP contribution < -0.4 is 5.32 Å². The molecule has 0 bridgehead atoms. The Morgan fingerprint density at radius 3 is 2.67 bits per heavy atom. The summed E-state index contributed by atoms with van der Waals surface area (Å²) < 4.78 is 0.915. The fraction of sp³-hybridized carbons (Fsp3) is 0.154. The smallest absolute Gasteiger partial charge is 0.275 e. The van der Waals surface area contributed by atoms with E-state index < -0.39 is 0 Å². The van der Waals surface area contributed by atoms with Crippen LogP contribution >= 0.6 is 15.9 Å². The summed E-state index contributed by atoms with van der Waals surface area (Å²) in [6.45, 7) is 3.76. The number of hydrogen-bond acceptors (Lipinski definition) is 3. The van der Waals surface area contributed by atoms with E-state index in [1.807, 2.05) is 32.0 Å². The Bertz CT molecular complexity index is 581. The van der Waals surface area contributed by atoms with Crippen molar-refractivity contribution in [2.24, 2.45) is 0 Å². The van der Waals surface area contributed by atoms with Crippen molar-refractivity contribution in [3.63, 3.8) is 0 Å². The Morgan fingerprint density at radius 1 is 1.22 bits per heavy atom. The molecule has 2 aromatic rings. The Morgan fingerprint density at radius 2 is 2.00 bits per heavy atom. The number of nitrogens with zero attached hydrogens (tertiary/aromatic N) is 2. The first-order valence-corrected chi connectivity index (χ1v) is 6.22. The molecule has 0 spiro atoms. The number of amides is 1. The van der Waals surface area contributed by atoms with Gasteiger partial charge in [-0.3, -0.25) is 9.78 Å². The molecule has 0 aliphatic rings. The van der Waals surface area contributed by atoms with Crippen molar-refractivity contribution in [2.75, 3.05) is 5.32 Å². The molecule has 1 N–H and O–H groups in total. The number of halogens is 1. The highest BCUT2D eigenvalue weighted by Gasteiger charge is 2.09. The molecule has 0 saturated carbocycles. The minimum Gasteiger partial charge on any atom is -0.320 e. The lowest BCUT2D eigenvalue weighted by molar-refractivity contribution is 0.102. The lowest BCUT2D eigenvalue weighted by Gasteiger charge is -2.08. The first-order valence-electron chi connectivity index (χ1n) is 5.42. The molecule has 0 aliphatic carbocycles. The molecule has 92 valence electrons. The average molecular weight is 306 g/mol. The van der Waals surface area contributed by atoms with Gasteiger partial charge >= 0.3 is 0 Å². The Kier molecular flexibility index (Phi) is 3.72. The van der Waals surface area contributed by atoms with Crippen LogP contribution in [0.3, 0.4) is 0 Å². The second-order valence-corrected chi connectivity index (χ2v) is 4.87. The van der Waals surface area contributed by atoms with E-state index in [0.717, 1.165) is 21.4 Å². The minimum absolute atomic E-state index is 0.260. The first-order chi connectivity index (χ1) is 8.56. The van der Waals surface area contributed by atoms with E-state index in [1.54, 1.807) is 6.20 Å². The van der Waals surface area contributed by atoms with Crippen LogP contribution in [0.2, 0.25) is 0 Å². The molecule has 0 unspecified atom stereocenters. The van der Waals surface area contributed by atoms with Crippen molar-refractivity contribution < 1.29 is 4.79 Å². The molecule has 0 fully saturated rings. The second-order valence-electron chi connectivity index (χ2n) is 3.96. The normalized spacial score (nSPS) is 10.2. The second kappa shape index (κ2) is 5.27. The summed E-state index contributed by atoms with van der Waals surface area (Å²) in [7, 11) is 0. The Balaban J connectivity index is 2.21. The van der Waals surface area contributed by atoms with Crippen LogP contribution in [0.4, 0.5) is 5.69 Å². The average Bonchev–Trinajstić information content (AvgIpc) is 2.34. The van der Waals surface area contributed by atoms with Crippen LogP contribution in [0, 0.1) is 13.8 Å². The largest absolute Gasteiger partial charge is 0.320 e. The maximum Gasteiger partial charge on any atom is 0.275 e. The number of aryl methyl sites for hydroxylation is 2. The van der Waals surface area contributed by atoms with Crippen molar-refractivity contribution in [3.05, 3.63) is 52.0 Å². The van der Waals surface area contributed by atoms with Crippen molar-refractivity contribution >= 4 is 27.5 Å². The minimum atomic E-state index is -0.260. The number of carbonyl (C=O) groups is 1. The summed E-state index contributed by atoms with van der Waals surface area (Å²) in [6.07, 6.45) is 3.04. The van der Waals surface area contributed by atoms with Gasteiger partial charge in [0, 0.05) is 16.4 Å². The molecule has 0 atom stereocenters. The lowest BCUT2D eigenvalue weighted by atomic mass is 10.2. The number of benzene rings is 1. The van der Waals surface area contributed by atoms with Gasteiger partial charge in [0.1, 0.15) is 5.69 Å². The van der Waals surface area contributed by atoms with Crippen molar-refractivity contribution in [1.29, 1.82) is 0 Å². The van der Waals surface area contributed by atoms with E-state index >= 15 is 0 Å². The van der Waals surface area contributed by atoms with Crippen LogP contribution in [-0.2, 0) is 0 Å². The van der Waals surface area contributed by atoms with Crippen LogP contribution in [0.1, 0.15) is 21.7 Å². The van der Waals surface area contributed by atoms with Gasteiger partial charge in [0.2, 0.25) is 0 Å². The number of nitrogens with one attached hydrogen (secondary N) is 1. The topological polar surface area (TPSA) is 54.9 Å². The van der Waals surface area contributed by atoms with Gasteiger partial charge in [0.05, 0.1) is 11.9 Å². The first kappa shape index (κ1) is 12.7. The summed E-state index contributed by atoms with van der Waals surface area (Å²) >= 11 is 3.37. The number of aromatic nitrogens is 2. The zero-order valence-corrected chi connectivity index (χ0v) is 11.7. The van der Waals surface area contributed by atoms with E-state index in [9.17, 15) is 4.79 Å². The van der Waals surface area contributed by atoms with Crippen LogP contribution in [0.15, 0.2) is 35.1 Å². The fourth-order valence-corrected chi connectivity index (χ4v) is 1.79. The zero-order valence-electron chi connectivity index (χ0n) is 10.1. The quantitative estimate of drug-likeness (QED) is 0.927. The molecule has 1 aromatic heterocycles. The van der Waals surface area contributed by atoms with E-state index in [2.05, 4.69) is 31.2 Å². The van der Waals surface area contributed by atoms with Crippen LogP contribution in [-0.4, -0.2) is 15.9 Å². The van der Waals surface area contributed by atoms with Gasteiger partial charge in [-0.15, -0.1) is 0 Å². The van der Waals surface area contributed by atoms with Crippen molar-refractivity contribution in [1.82, 2.24) is 9.97 Å². The molecule has 2 rings (SSSR count). The third-order valence-electron chi connectivity index (χ3n) is 2.46. The number of anilines is 1. The van der Waals surface area contributed by atoms with Gasteiger partial charge < -0.3 is 5.32 Å². The van der Waals surface area contributed by atoms with Gasteiger partial charge in [-0.1, -0.05) is 22.0 Å². The summed E-state index contributed by atoms with van der Waals surface area (Å²) in [4.78, 5) is 20.0. The molecule has 4 nitrogen and oxygen atoms in total. The van der Waals surface area contributed by atoms with Gasteiger partial charge in [-0.05, 0) is 31.5 Å². The molecule has 1 aromatic carbocycles. The van der Waals surface area contributed by atoms with Gasteiger partial charge in [-0.25, -0.2) is 4.98 Å². The summed E-state index contributed by atoms with van der Waals surface area (Å²) in [6, 6.07) is 5.71. The molecule has 0 radical (unpaired) electrons.